The monoisotopic (exact) mass is 259 g/mol. The van der Waals surface area contributed by atoms with Crippen LogP contribution in [-0.4, -0.2) is 35.6 Å². The highest BCUT2D eigenvalue weighted by molar-refractivity contribution is 5.80. The summed E-state index contributed by atoms with van der Waals surface area (Å²) < 4.78 is 0. The standard InChI is InChI=1S/C16H21NO2/c1-17(2)16(15(18)19)13-7-8-14(16)10-12-6-4-3-5-11(12)9-13/h3-6,13-14H,7-10H2,1-2H3,(H,18,19). The second-order valence-electron chi connectivity index (χ2n) is 6.17. The number of aliphatic carboxylic acids is 1. The first-order valence-electron chi connectivity index (χ1n) is 7.04. The zero-order chi connectivity index (χ0) is 13.6. The molecule has 0 heterocycles. The van der Waals surface area contributed by atoms with Gasteiger partial charge in [0.25, 0.3) is 0 Å². The average molecular weight is 259 g/mol. The topological polar surface area (TPSA) is 40.5 Å². The molecule has 3 rings (SSSR count). The predicted molar refractivity (Wildman–Crippen MR) is 74.1 cm³/mol. The molecule has 1 saturated carbocycles. The van der Waals surface area contributed by atoms with Gasteiger partial charge in [0.15, 0.2) is 0 Å². The van der Waals surface area contributed by atoms with Gasteiger partial charge >= 0.3 is 5.97 Å². The van der Waals surface area contributed by atoms with Crippen molar-refractivity contribution in [2.45, 2.75) is 31.2 Å². The van der Waals surface area contributed by atoms with Crippen molar-refractivity contribution in [3.05, 3.63) is 35.4 Å². The molecule has 19 heavy (non-hydrogen) atoms. The second kappa shape index (κ2) is 4.34. The summed E-state index contributed by atoms with van der Waals surface area (Å²) in [5.74, 6) is -0.180. The molecule has 0 aliphatic heterocycles. The zero-order valence-corrected chi connectivity index (χ0v) is 11.6. The Bertz CT molecular complexity index is 476. The number of likely N-dealkylation sites (N-methyl/N-ethyl adjacent to an activating group) is 1. The molecule has 0 amide bonds. The minimum absolute atomic E-state index is 0.230. The van der Waals surface area contributed by atoms with Crippen molar-refractivity contribution in [2.75, 3.05) is 14.1 Å². The molecular weight excluding hydrogens is 238 g/mol. The molecular formula is C16H21NO2. The zero-order valence-electron chi connectivity index (χ0n) is 11.6. The lowest BCUT2D eigenvalue weighted by Gasteiger charge is -2.40. The highest BCUT2D eigenvalue weighted by Gasteiger charge is 2.58. The van der Waals surface area contributed by atoms with Crippen LogP contribution in [0.5, 0.6) is 0 Å². The first kappa shape index (κ1) is 12.7. The summed E-state index contributed by atoms with van der Waals surface area (Å²) in [4.78, 5) is 14.0. The number of benzene rings is 1. The van der Waals surface area contributed by atoms with Crippen LogP contribution in [0.1, 0.15) is 24.0 Å². The third kappa shape index (κ3) is 1.64. The van der Waals surface area contributed by atoms with Crippen LogP contribution in [0.4, 0.5) is 0 Å². The van der Waals surface area contributed by atoms with E-state index in [-0.39, 0.29) is 11.8 Å². The van der Waals surface area contributed by atoms with Gasteiger partial charge in [0, 0.05) is 0 Å². The lowest BCUT2D eigenvalue weighted by molar-refractivity contribution is -0.155. The maximum absolute atomic E-state index is 12.0. The first-order chi connectivity index (χ1) is 9.06. The van der Waals surface area contributed by atoms with Crippen LogP contribution < -0.4 is 0 Å². The molecule has 1 N–H and O–H groups in total. The van der Waals surface area contributed by atoms with Crippen molar-refractivity contribution in [3.63, 3.8) is 0 Å². The molecule has 2 aliphatic carbocycles. The van der Waals surface area contributed by atoms with Crippen LogP contribution in [0, 0.1) is 11.8 Å². The number of nitrogens with zero attached hydrogens (tertiary/aromatic N) is 1. The summed E-state index contributed by atoms with van der Waals surface area (Å²) in [6.07, 6.45) is 3.86. The third-order valence-corrected chi connectivity index (χ3v) is 5.24. The molecule has 102 valence electrons. The van der Waals surface area contributed by atoms with E-state index in [4.69, 9.17) is 0 Å². The van der Waals surface area contributed by atoms with Gasteiger partial charge in [-0.1, -0.05) is 24.3 Å². The van der Waals surface area contributed by atoms with E-state index in [9.17, 15) is 9.90 Å². The third-order valence-electron chi connectivity index (χ3n) is 5.24. The summed E-state index contributed by atoms with van der Waals surface area (Å²) in [5, 5.41) is 9.90. The number of fused-ring (bicyclic) bond motifs is 3. The minimum atomic E-state index is -0.682. The van der Waals surface area contributed by atoms with Crippen molar-refractivity contribution < 1.29 is 9.90 Å². The fourth-order valence-electron chi connectivity index (χ4n) is 4.45. The summed E-state index contributed by atoms with van der Waals surface area (Å²) in [7, 11) is 3.85. The van der Waals surface area contributed by atoms with Gasteiger partial charge in [-0.3, -0.25) is 9.69 Å². The van der Waals surface area contributed by atoms with Crippen LogP contribution in [0.3, 0.4) is 0 Å². The van der Waals surface area contributed by atoms with Gasteiger partial charge in [0.1, 0.15) is 5.54 Å². The molecule has 0 radical (unpaired) electrons. The lowest BCUT2D eigenvalue weighted by Crippen LogP contribution is -2.58. The maximum atomic E-state index is 12.0. The van der Waals surface area contributed by atoms with E-state index >= 15 is 0 Å². The summed E-state index contributed by atoms with van der Waals surface area (Å²) in [6.45, 7) is 0. The van der Waals surface area contributed by atoms with E-state index < -0.39 is 11.5 Å². The number of carbonyl (C=O) groups is 1. The van der Waals surface area contributed by atoms with Gasteiger partial charge in [-0.05, 0) is 62.7 Å². The summed E-state index contributed by atoms with van der Waals surface area (Å²) in [6, 6.07) is 8.46. The average Bonchev–Trinajstić information content (AvgIpc) is 2.62. The number of hydrogen-bond donors (Lipinski definition) is 1. The quantitative estimate of drug-likeness (QED) is 0.885. The fourth-order valence-corrected chi connectivity index (χ4v) is 4.45. The number of carboxylic acid groups (broad SMARTS) is 1. The lowest BCUT2D eigenvalue weighted by atomic mass is 9.78. The molecule has 0 spiro atoms. The predicted octanol–water partition coefficient (Wildman–Crippen LogP) is 2.20. The smallest absolute Gasteiger partial charge is 0.324 e. The van der Waals surface area contributed by atoms with E-state index in [1.54, 1.807) is 0 Å². The SMILES string of the molecule is CN(C)C1(C(=O)O)C2CCC1Cc1ccccc1C2. The Kier molecular flexibility index (Phi) is 2.90. The van der Waals surface area contributed by atoms with Crippen molar-refractivity contribution in [1.29, 1.82) is 0 Å². The van der Waals surface area contributed by atoms with E-state index in [1.165, 1.54) is 11.1 Å². The van der Waals surface area contributed by atoms with E-state index in [2.05, 4.69) is 24.3 Å². The molecule has 2 bridgehead atoms. The highest BCUT2D eigenvalue weighted by Crippen LogP contribution is 2.49. The van der Waals surface area contributed by atoms with Crippen molar-refractivity contribution >= 4 is 5.97 Å². The largest absolute Gasteiger partial charge is 0.480 e. The Labute approximate surface area is 114 Å². The van der Waals surface area contributed by atoms with Crippen LogP contribution in [0.2, 0.25) is 0 Å². The molecule has 2 unspecified atom stereocenters. The van der Waals surface area contributed by atoms with Crippen LogP contribution in [-0.2, 0) is 17.6 Å². The molecule has 3 nitrogen and oxygen atoms in total. The van der Waals surface area contributed by atoms with Gasteiger partial charge in [-0.25, -0.2) is 0 Å². The highest BCUT2D eigenvalue weighted by atomic mass is 16.4. The Morgan fingerprint density at radius 1 is 1.16 bits per heavy atom. The van der Waals surface area contributed by atoms with Gasteiger partial charge in [-0.15, -0.1) is 0 Å². The molecule has 0 aromatic heterocycles. The first-order valence-corrected chi connectivity index (χ1v) is 7.04. The van der Waals surface area contributed by atoms with Crippen molar-refractivity contribution in [1.82, 2.24) is 4.90 Å². The molecule has 2 atom stereocenters. The summed E-state index contributed by atoms with van der Waals surface area (Å²) >= 11 is 0. The Balaban J connectivity index is 2.10. The van der Waals surface area contributed by atoms with Gasteiger partial charge in [-0.2, -0.15) is 0 Å². The second-order valence-corrected chi connectivity index (χ2v) is 6.17. The normalized spacial score (nSPS) is 33.0. The number of carboxylic acids is 1. The Morgan fingerprint density at radius 3 is 2.00 bits per heavy atom. The minimum Gasteiger partial charge on any atom is -0.480 e. The van der Waals surface area contributed by atoms with E-state index in [0.29, 0.717) is 0 Å². The van der Waals surface area contributed by atoms with Gasteiger partial charge in [0.05, 0.1) is 0 Å². The Hall–Kier alpha value is -1.35. The molecule has 0 saturated heterocycles. The maximum Gasteiger partial charge on any atom is 0.324 e. The molecule has 3 heteroatoms. The van der Waals surface area contributed by atoms with Gasteiger partial charge in [0.2, 0.25) is 0 Å². The van der Waals surface area contributed by atoms with Gasteiger partial charge < -0.3 is 5.11 Å². The van der Waals surface area contributed by atoms with Crippen molar-refractivity contribution in [3.8, 4) is 0 Å². The molecule has 2 aliphatic rings. The molecule has 1 fully saturated rings. The van der Waals surface area contributed by atoms with Crippen molar-refractivity contribution in [2.24, 2.45) is 11.8 Å². The van der Waals surface area contributed by atoms with Crippen LogP contribution >= 0.6 is 0 Å². The molecule has 1 aromatic carbocycles. The fraction of sp³-hybridized carbons (Fsp3) is 0.562. The van der Waals surface area contributed by atoms with Crippen LogP contribution in [0.25, 0.3) is 0 Å². The van der Waals surface area contributed by atoms with E-state index in [0.717, 1.165) is 25.7 Å². The molecule has 1 aromatic rings. The Morgan fingerprint density at radius 2 is 1.63 bits per heavy atom. The number of rotatable bonds is 2. The summed E-state index contributed by atoms with van der Waals surface area (Å²) in [5.41, 5.74) is 2.02. The number of hydrogen-bond acceptors (Lipinski definition) is 2. The van der Waals surface area contributed by atoms with E-state index in [1.807, 2.05) is 19.0 Å². The van der Waals surface area contributed by atoms with Crippen LogP contribution in [0.15, 0.2) is 24.3 Å².